The van der Waals surface area contributed by atoms with Crippen molar-refractivity contribution in [2.75, 3.05) is 29.9 Å². The summed E-state index contributed by atoms with van der Waals surface area (Å²) in [6.07, 6.45) is 0.747. The first-order valence-electron chi connectivity index (χ1n) is 5.93. The van der Waals surface area contributed by atoms with Gasteiger partial charge in [-0.1, -0.05) is 13.8 Å². The number of nitrogen functional groups attached to an aromatic ring is 1. The van der Waals surface area contributed by atoms with Crippen molar-refractivity contribution in [3.8, 4) is 0 Å². The van der Waals surface area contributed by atoms with E-state index in [9.17, 15) is 8.42 Å². The number of rotatable bonds is 7. The van der Waals surface area contributed by atoms with E-state index >= 15 is 0 Å². The van der Waals surface area contributed by atoms with Gasteiger partial charge in [0.1, 0.15) is 5.82 Å². The third kappa shape index (κ3) is 3.61. The number of nitrogens with two attached hydrogens (primary N) is 1. The number of hydrogen-bond donors (Lipinski definition) is 3. The topological polar surface area (TPSA) is 102 Å². The summed E-state index contributed by atoms with van der Waals surface area (Å²) in [6.45, 7) is 4.41. The molecule has 7 nitrogen and oxygen atoms in total. The SMILES string of the molecule is CCNS(=O)(=O)CCNc1c(N)c(CC)nn1C. The van der Waals surface area contributed by atoms with Crippen LogP contribution in [-0.4, -0.2) is 37.0 Å². The van der Waals surface area contributed by atoms with Crippen molar-refractivity contribution >= 4 is 21.5 Å². The number of nitrogens with zero attached hydrogens (tertiary/aromatic N) is 2. The van der Waals surface area contributed by atoms with Gasteiger partial charge in [0.25, 0.3) is 0 Å². The minimum absolute atomic E-state index is 0.00686. The molecular weight excluding hydrogens is 254 g/mol. The molecule has 0 spiro atoms. The third-order valence-electron chi connectivity index (χ3n) is 2.52. The standard InChI is InChI=1S/C10H21N5O2S/c1-4-8-9(11)10(15(3)14-8)12-6-7-18(16,17)13-5-2/h12-13H,4-7,11H2,1-3H3. The van der Waals surface area contributed by atoms with Crippen LogP contribution in [0, 0.1) is 0 Å². The normalized spacial score (nSPS) is 11.7. The lowest BCUT2D eigenvalue weighted by molar-refractivity contribution is 0.584. The molecule has 0 unspecified atom stereocenters. The Bertz CT molecular complexity index is 495. The maximum atomic E-state index is 11.4. The van der Waals surface area contributed by atoms with E-state index in [4.69, 9.17) is 5.73 Å². The third-order valence-corrected chi connectivity index (χ3v) is 3.99. The number of hydrogen-bond acceptors (Lipinski definition) is 5. The summed E-state index contributed by atoms with van der Waals surface area (Å²) in [6, 6.07) is 0. The molecule has 104 valence electrons. The minimum atomic E-state index is -3.21. The Balaban J connectivity index is 2.62. The highest BCUT2D eigenvalue weighted by atomic mass is 32.2. The lowest BCUT2D eigenvalue weighted by atomic mass is 10.3. The van der Waals surface area contributed by atoms with E-state index in [1.54, 1.807) is 18.7 Å². The Morgan fingerprint density at radius 2 is 2.06 bits per heavy atom. The highest BCUT2D eigenvalue weighted by Crippen LogP contribution is 2.21. The zero-order chi connectivity index (χ0) is 13.8. The molecule has 0 aliphatic heterocycles. The molecule has 0 aliphatic rings. The van der Waals surface area contributed by atoms with Crippen LogP contribution in [0.2, 0.25) is 0 Å². The van der Waals surface area contributed by atoms with E-state index in [2.05, 4.69) is 15.1 Å². The van der Waals surface area contributed by atoms with E-state index < -0.39 is 10.0 Å². The number of aromatic nitrogens is 2. The van der Waals surface area contributed by atoms with Crippen LogP contribution in [-0.2, 0) is 23.5 Å². The summed E-state index contributed by atoms with van der Waals surface area (Å²) >= 11 is 0. The predicted octanol–water partition coefficient (Wildman–Crippen LogP) is -0.0841. The molecule has 18 heavy (non-hydrogen) atoms. The Kier molecular flexibility index (Phi) is 4.97. The summed E-state index contributed by atoms with van der Waals surface area (Å²) < 4.78 is 27.0. The fraction of sp³-hybridized carbons (Fsp3) is 0.700. The Morgan fingerprint density at radius 1 is 1.39 bits per heavy atom. The highest BCUT2D eigenvalue weighted by molar-refractivity contribution is 7.89. The molecule has 0 saturated carbocycles. The average Bonchev–Trinajstić information content (AvgIpc) is 2.55. The van der Waals surface area contributed by atoms with Crippen LogP contribution in [0.25, 0.3) is 0 Å². The molecule has 1 aromatic heterocycles. The first-order chi connectivity index (χ1) is 8.41. The van der Waals surface area contributed by atoms with Crippen molar-refractivity contribution in [3.63, 3.8) is 0 Å². The van der Waals surface area contributed by atoms with Gasteiger partial charge in [-0.25, -0.2) is 13.1 Å². The van der Waals surface area contributed by atoms with Crippen molar-refractivity contribution < 1.29 is 8.42 Å². The van der Waals surface area contributed by atoms with Gasteiger partial charge in [-0.3, -0.25) is 4.68 Å². The van der Waals surface area contributed by atoms with Gasteiger partial charge in [0, 0.05) is 20.1 Å². The largest absolute Gasteiger partial charge is 0.394 e. The summed E-state index contributed by atoms with van der Waals surface area (Å²) in [7, 11) is -1.43. The molecule has 0 amide bonds. The zero-order valence-corrected chi connectivity index (χ0v) is 11.8. The fourth-order valence-corrected chi connectivity index (χ4v) is 2.62. The van der Waals surface area contributed by atoms with Gasteiger partial charge in [-0.15, -0.1) is 0 Å². The van der Waals surface area contributed by atoms with Gasteiger partial charge in [-0.05, 0) is 6.42 Å². The predicted molar refractivity (Wildman–Crippen MR) is 73.0 cm³/mol. The van der Waals surface area contributed by atoms with Gasteiger partial charge in [0.2, 0.25) is 10.0 Å². The van der Waals surface area contributed by atoms with Crippen LogP contribution in [0.5, 0.6) is 0 Å². The Hall–Kier alpha value is -1.28. The zero-order valence-electron chi connectivity index (χ0n) is 11.0. The molecule has 0 radical (unpaired) electrons. The first-order valence-corrected chi connectivity index (χ1v) is 7.59. The first kappa shape index (κ1) is 14.8. The van der Waals surface area contributed by atoms with Crippen LogP contribution in [0.3, 0.4) is 0 Å². The van der Waals surface area contributed by atoms with Gasteiger partial charge < -0.3 is 11.1 Å². The number of anilines is 2. The van der Waals surface area contributed by atoms with Crippen LogP contribution in [0.4, 0.5) is 11.5 Å². The molecule has 1 heterocycles. The van der Waals surface area contributed by atoms with Crippen LogP contribution in [0.1, 0.15) is 19.5 Å². The fourth-order valence-electron chi connectivity index (χ4n) is 1.66. The van der Waals surface area contributed by atoms with Crippen molar-refractivity contribution in [1.82, 2.24) is 14.5 Å². The van der Waals surface area contributed by atoms with Gasteiger partial charge >= 0.3 is 0 Å². The van der Waals surface area contributed by atoms with E-state index in [0.29, 0.717) is 24.6 Å². The van der Waals surface area contributed by atoms with Crippen molar-refractivity contribution in [2.24, 2.45) is 7.05 Å². The molecule has 0 atom stereocenters. The monoisotopic (exact) mass is 275 g/mol. The Labute approximate surface area is 108 Å². The second kappa shape index (κ2) is 6.05. The molecule has 1 rings (SSSR count). The smallest absolute Gasteiger partial charge is 0.213 e. The highest BCUT2D eigenvalue weighted by Gasteiger charge is 2.13. The average molecular weight is 275 g/mol. The van der Waals surface area contributed by atoms with Crippen molar-refractivity contribution in [3.05, 3.63) is 5.69 Å². The van der Waals surface area contributed by atoms with E-state index in [-0.39, 0.29) is 5.75 Å². The summed E-state index contributed by atoms with van der Waals surface area (Å²) in [4.78, 5) is 0. The van der Waals surface area contributed by atoms with Crippen LogP contribution < -0.4 is 15.8 Å². The van der Waals surface area contributed by atoms with Crippen LogP contribution in [0.15, 0.2) is 0 Å². The molecule has 8 heteroatoms. The summed E-state index contributed by atoms with van der Waals surface area (Å²) in [5.74, 6) is 0.672. The van der Waals surface area contributed by atoms with E-state index in [1.807, 2.05) is 6.92 Å². The molecular formula is C10H21N5O2S. The molecule has 0 saturated heterocycles. The summed E-state index contributed by atoms with van der Waals surface area (Å²) in [5, 5.41) is 7.25. The molecule has 0 bridgehead atoms. The van der Waals surface area contributed by atoms with Crippen molar-refractivity contribution in [1.29, 1.82) is 0 Å². The maximum absolute atomic E-state index is 11.4. The lowest BCUT2D eigenvalue weighted by Crippen LogP contribution is -2.29. The molecule has 0 fully saturated rings. The van der Waals surface area contributed by atoms with Crippen molar-refractivity contribution in [2.45, 2.75) is 20.3 Å². The maximum Gasteiger partial charge on any atom is 0.213 e. The van der Waals surface area contributed by atoms with Gasteiger partial charge in [0.05, 0.1) is 17.1 Å². The second-order valence-electron chi connectivity index (χ2n) is 3.93. The second-order valence-corrected chi connectivity index (χ2v) is 5.86. The van der Waals surface area contributed by atoms with E-state index in [1.165, 1.54) is 0 Å². The van der Waals surface area contributed by atoms with Gasteiger partial charge in [0.15, 0.2) is 0 Å². The van der Waals surface area contributed by atoms with Crippen LogP contribution >= 0.6 is 0 Å². The number of sulfonamides is 1. The number of aryl methyl sites for hydroxylation is 2. The minimum Gasteiger partial charge on any atom is -0.394 e. The van der Waals surface area contributed by atoms with E-state index in [0.717, 1.165) is 12.1 Å². The lowest BCUT2D eigenvalue weighted by Gasteiger charge is -2.08. The molecule has 0 aromatic carbocycles. The molecule has 1 aromatic rings. The number of nitrogens with one attached hydrogen (secondary N) is 2. The molecule has 4 N–H and O–H groups in total. The summed E-state index contributed by atoms with van der Waals surface area (Å²) in [5.41, 5.74) is 7.31. The molecule has 0 aliphatic carbocycles. The van der Waals surface area contributed by atoms with Gasteiger partial charge in [-0.2, -0.15) is 5.10 Å². The quantitative estimate of drug-likeness (QED) is 0.646. The Morgan fingerprint density at radius 3 is 2.56 bits per heavy atom.